The van der Waals surface area contributed by atoms with Gasteiger partial charge in [-0.1, -0.05) is 33.1 Å². The summed E-state index contributed by atoms with van der Waals surface area (Å²) in [6.07, 6.45) is 6.81. The van der Waals surface area contributed by atoms with E-state index in [4.69, 9.17) is 0 Å². The van der Waals surface area contributed by atoms with E-state index in [1.165, 1.54) is 32.1 Å². The lowest BCUT2D eigenvalue weighted by atomic mass is 9.75. The fourth-order valence-corrected chi connectivity index (χ4v) is 3.17. The quantitative estimate of drug-likeness (QED) is 0.650. The lowest BCUT2D eigenvalue weighted by Crippen LogP contribution is -2.46. The molecular weight excluding hydrogens is 186 g/mol. The van der Waals surface area contributed by atoms with E-state index < -0.39 is 0 Å². The van der Waals surface area contributed by atoms with Crippen LogP contribution in [0.4, 0.5) is 0 Å². The minimum atomic E-state index is 0.171. The first-order chi connectivity index (χ1) is 7.18. The van der Waals surface area contributed by atoms with E-state index >= 15 is 0 Å². The van der Waals surface area contributed by atoms with Crippen molar-refractivity contribution in [2.24, 2.45) is 17.8 Å². The molecule has 1 aliphatic carbocycles. The number of carbonyl (C=O) groups is 1. The summed E-state index contributed by atoms with van der Waals surface area (Å²) in [6.45, 7) is 6.07. The number of hydrogen-bond acceptors (Lipinski definition) is 1. The molecule has 2 rings (SSSR count). The molecule has 2 heteroatoms. The number of carbonyl (C=O) groups excluding carboxylic acids is 1. The molecular formula is C13H23NO. The van der Waals surface area contributed by atoms with E-state index in [9.17, 15) is 4.79 Å². The fourth-order valence-electron chi connectivity index (χ4n) is 3.17. The maximum Gasteiger partial charge on any atom is 0.225 e. The molecule has 0 aromatic rings. The second kappa shape index (κ2) is 4.54. The Kier molecular flexibility index (Phi) is 3.32. The van der Waals surface area contributed by atoms with Crippen LogP contribution in [0, 0.1) is 17.8 Å². The number of likely N-dealkylation sites (tertiary alicyclic amines) is 1. The molecule has 2 nitrogen and oxygen atoms in total. The molecule has 15 heavy (non-hydrogen) atoms. The third-order valence-corrected chi connectivity index (χ3v) is 4.10. The number of nitrogens with zero attached hydrogens (tertiary/aromatic N) is 1. The molecule has 0 bridgehead atoms. The summed E-state index contributed by atoms with van der Waals surface area (Å²) in [5.41, 5.74) is 0. The van der Waals surface area contributed by atoms with Crippen LogP contribution in [0.1, 0.15) is 46.0 Å². The van der Waals surface area contributed by atoms with Crippen LogP contribution in [-0.4, -0.2) is 23.9 Å². The predicted octanol–water partition coefficient (Wildman–Crippen LogP) is 2.68. The van der Waals surface area contributed by atoms with Crippen LogP contribution in [0.25, 0.3) is 0 Å². The average Bonchev–Trinajstić information content (AvgIpc) is 2.27. The normalized spacial score (nSPS) is 31.5. The van der Waals surface area contributed by atoms with Crippen LogP contribution >= 0.6 is 0 Å². The second-order valence-electron chi connectivity index (χ2n) is 5.53. The molecule has 1 saturated heterocycles. The first-order valence-electron chi connectivity index (χ1n) is 6.47. The first kappa shape index (κ1) is 11.0. The van der Waals surface area contributed by atoms with Crippen LogP contribution in [-0.2, 0) is 4.79 Å². The predicted molar refractivity (Wildman–Crippen MR) is 61.5 cm³/mol. The van der Waals surface area contributed by atoms with Crippen LogP contribution in [0.3, 0.4) is 0 Å². The summed E-state index contributed by atoms with van der Waals surface area (Å²) in [6, 6.07) is 0. The average molecular weight is 209 g/mol. The summed E-state index contributed by atoms with van der Waals surface area (Å²) in [5.74, 6) is 2.27. The SMILES string of the molecule is CC(C)C(=O)N1CCC2CCCCC2C1. The minimum Gasteiger partial charge on any atom is -0.342 e. The van der Waals surface area contributed by atoms with E-state index in [-0.39, 0.29) is 5.92 Å². The Bertz CT molecular complexity index is 237. The van der Waals surface area contributed by atoms with E-state index in [1.54, 1.807) is 0 Å². The van der Waals surface area contributed by atoms with Gasteiger partial charge in [0.1, 0.15) is 0 Å². The third-order valence-electron chi connectivity index (χ3n) is 4.10. The molecule has 0 aromatic carbocycles. The maximum absolute atomic E-state index is 11.9. The first-order valence-corrected chi connectivity index (χ1v) is 6.47. The highest BCUT2D eigenvalue weighted by Gasteiger charge is 2.33. The van der Waals surface area contributed by atoms with Gasteiger partial charge in [0.2, 0.25) is 5.91 Å². The molecule has 1 saturated carbocycles. The van der Waals surface area contributed by atoms with Crippen molar-refractivity contribution < 1.29 is 4.79 Å². The van der Waals surface area contributed by atoms with Crippen molar-refractivity contribution in [2.75, 3.05) is 13.1 Å². The zero-order chi connectivity index (χ0) is 10.8. The molecule has 2 atom stereocenters. The highest BCUT2D eigenvalue weighted by Crippen LogP contribution is 2.36. The van der Waals surface area contributed by atoms with Gasteiger partial charge in [0.15, 0.2) is 0 Å². The zero-order valence-electron chi connectivity index (χ0n) is 10.0. The van der Waals surface area contributed by atoms with Crippen molar-refractivity contribution in [1.29, 1.82) is 0 Å². The lowest BCUT2D eigenvalue weighted by molar-refractivity contribution is -0.137. The van der Waals surface area contributed by atoms with Crippen LogP contribution < -0.4 is 0 Å². The molecule has 86 valence electrons. The molecule has 0 aromatic heterocycles. The number of rotatable bonds is 1. The molecule has 2 unspecified atom stereocenters. The Morgan fingerprint density at radius 2 is 1.80 bits per heavy atom. The van der Waals surface area contributed by atoms with Crippen molar-refractivity contribution in [3.8, 4) is 0 Å². The van der Waals surface area contributed by atoms with Gasteiger partial charge in [-0.3, -0.25) is 4.79 Å². The molecule has 0 N–H and O–H groups in total. The van der Waals surface area contributed by atoms with E-state index in [2.05, 4.69) is 4.90 Å². The van der Waals surface area contributed by atoms with Crippen LogP contribution in [0.5, 0.6) is 0 Å². The zero-order valence-corrected chi connectivity index (χ0v) is 10.0. The van der Waals surface area contributed by atoms with Gasteiger partial charge in [0.25, 0.3) is 0 Å². The van der Waals surface area contributed by atoms with E-state index in [1.807, 2.05) is 13.8 Å². The molecule has 1 heterocycles. The summed E-state index contributed by atoms with van der Waals surface area (Å²) in [7, 11) is 0. The number of piperidine rings is 1. The molecule has 0 spiro atoms. The van der Waals surface area contributed by atoms with Gasteiger partial charge in [0.05, 0.1) is 0 Å². The van der Waals surface area contributed by atoms with Crippen molar-refractivity contribution in [1.82, 2.24) is 4.90 Å². The lowest BCUT2D eigenvalue weighted by Gasteiger charge is -2.41. The number of amides is 1. The largest absolute Gasteiger partial charge is 0.342 e. The van der Waals surface area contributed by atoms with Crippen molar-refractivity contribution >= 4 is 5.91 Å². The summed E-state index contributed by atoms with van der Waals surface area (Å²) in [5, 5.41) is 0. The second-order valence-corrected chi connectivity index (χ2v) is 5.53. The minimum absolute atomic E-state index is 0.171. The molecule has 0 radical (unpaired) electrons. The Labute approximate surface area is 93.0 Å². The Hall–Kier alpha value is -0.530. The number of hydrogen-bond donors (Lipinski definition) is 0. The van der Waals surface area contributed by atoms with Crippen molar-refractivity contribution in [3.63, 3.8) is 0 Å². The summed E-state index contributed by atoms with van der Waals surface area (Å²) >= 11 is 0. The summed E-state index contributed by atoms with van der Waals surface area (Å²) < 4.78 is 0. The molecule has 1 aliphatic heterocycles. The smallest absolute Gasteiger partial charge is 0.225 e. The Morgan fingerprint density at radius 3 is 2.47 bits per heavy atom. The standard InChI is InChI=1S/C13H23NO/c1-10(2)13(15)14-8-7-11-5-3-4-6-12(11)9-14/h10-12H,3-9H2,1-2H3. The van der Waals surface area contributed by atoms with Gasteiger partial charge < -0.3 is 4.90 Å². The fraction of sp³-hybridized carbons (Fsp3) is 0.923. The summed E-state index contributed by atoms with van der Waals surface area (Å²) in [4.78, 5) is 14.0. The van der Waals surface area contributed by atoms with Gasteiger partial charge in [-0.05, 0) is 24.7 Å². The maximum atomic E-state index is 11.9. The van der Waals surface area contributed by atoms with Gasteiger partial charge in [-0.15, -0.1) is 0 Å². The van der Waals surface area contributed by atoms with E-state index in [0.29, 0.717) is 5.91 Å². The van der Waals surface area contributed by atoms with Gasteiger partial charge in [-0.2, -0.15) is 0 Å². The van der Waals surface area contributed by atoms with Gasteiger partial charge in [-0.25, -0.2) is 0 Å². The monoisotopic (exact) mass is 209 g/mol. The third kappa shape index (κ3) is 2.35. The highest BCUT2D eigenvalue weighted by molar-refractivity contribution is 5.78. The Balaban J connectivity index is 1.93. The van der Waals surface area contributed by atoms with Gasteiger partial charge >= 0.3 is 0 Å². The van der Waals surface area contributed by atoms with Crippen molar-refractivity contribution in [3.05, 3.63) is 0 Å². The molecule has 1 amide bonds. The van der Waals surface area contributed by atoms with Crippen LogP contribution in [0.2, 0.25) is 0 Å². The topological polar surface area (TPSA) is 20.3 Å². The molecule has 2 fully saturated rings. The van der Waals surface area contributed by atoms with Crippen LogP contribution in [0.15, 0.2) is 0 Å². The Morgan fingerprint density at radius 1 is 1.13 bits per heavy atom. The van der Waals surface area contributed by atoms with E-state index in [0.717, 1.165) is 24.9 Å². The number of fused-ring (bicyclic) bond motifs is 1. The van der Waals surface area contributed by atoms with Gasteiger partial charge in [0, 0.05) is 19.0 Å². The molecule has 2 aliphatic rings. The van der Waals surface area contributed by atoms with Crippen molar-refractivity contribution in [2.45, 2.75) is 46.0 Å². The highest BCUT2D eigenvalue weighted by atomic mass is 16.2.